The first-order valence-corrected chi connectivity index (χ1v) is 5.73. The van der Waals surface area contributed by atoms with Crippen molar-refractivity contribution in [3.63, 3.8) is 0 Å². The molecule has 0 atom stereocenters. The van der Waals surface area contributed by atoms with Gasteiger partial charge in [-0.2, -0.15) is 13.2 Å². The summed E-state index contributed by atoms with van der Waals surface area (Å²) in [6, 6.07) is 0. The third kappa shape index (κ3) is 2.19. The van der Waals surface area contributed by atoms with Crippen LogP contribution in [0.1, 0.15) is 17.0 Å². The van der Waals surface area contributed by atoms with Gasteiger partial charge in [0.05, 0.1) is 5.69 Å². The zero-order chi connectivity index (χ0) is 13.5. The van der Waals surface area contributed by atoms with Crippen LogP contribution in [-0.4, -0.2) is 26.5 Å². The van der Waals surface area contributed by atoms with E-state index in [0.29, 0.717) is 18.8 Å². The Hall–Kier alpha value is -1.96. The molecule has 0 spiro atoms. The molecule has 0 saturated heterocycles. The Labute approximate surface area is 106 Å². The topological polar surface area (TPSA) is 66.5 Å². The van der Waals surface area contributed by atoms with Crippen LogP contribution in [0.3, 0.4) is 0 Å². The van der Waals surface area contributed by atoms with Gasteiger partial charge in [0.15, 0.2) is 17.3 Å². The lowest BCUT2D eigenvalue weighted by Crippen LogP contribution is -2.29. The highest BCUT2D eigenvalue weighted by Gasteiger charge is 2.38. The molecule has 2 aromatic rings. The van der Waals surface area contributed by atoms with Crippen LogP contribution < -0.4 is 5.32 Å². The Kier molecular flexibility index (Phi) is 2.74. The fourth-order valence-electron chi connectivity index (χ4n) is 2.09. The Balaban J connectivity index is 2.19. The molecule has 100 valence electrons. The van der Waals surface area contributed by atoms with Crippen molar-refractivity contribution in [3.8, 4) is 11.6 Å². The van der Waals surface area contributed by atoms with Crippen molar-refractivity contribution in [2.24, 2.45) is 0 Å². The zero-order valence-corrected chi connectivity index (χ0v) is 9.75. The van der Waals surface area contributed by atoms with Gasteiger partial charge >= 0.3 is 6.18 Å². The minimum Gasteiger partial charge on any atom is -0.342 e. The molecule has 2 aromatic heterocycles. The van der Waals surface area contributed by atoms with Crippen LogP contribution in [0, 0.1) is 0 Å². The van der Waals surface area contributed by atoms with Crippen molar-refractivity contribution in [3.05, 3.63) is 29.3 Å². The van der Waals surface area contributed by atoms with Crippen molar-refractivity contribution < 1.29 is 13.2 Å². The lowest BCUT2D eigenvalue weighted by Gasteiger charge is -2.20. The van der Waals surface area contributed by atoms with Crippen molar-refractivity contribution >= 4 is 0 Å². The van der Waals surface area contributed by atoms with E-state index >= 15 is 0 Å². The summed E-state index contributed by atoms with van der Waals surface area (Å²) >= 11 is 0. The van der Waals surface area contributed by atoms with Crippen LogP contribution in [0.25, 0.3) is 11.6 Å². The third-order valence-corrected chi connectivity index (χ3v) is 2.92. The number of nitrogens with one attached hydrogen (secondary N) is 2. The number of hydrogen-bond acceptors (Lipinski definition) is 4. The summed E-state index contributed by atoms with van der Waals surface area (Å²) in [5.74, 6) is 0.207. The SMILES string of the molecule is FC(F)(F)c1nc(-c2ncc[nH]2)nc2c1CCNC2. The summed E-state index contributed by atoms with van der Waals surface area (Å²) in [5, 5.41) is 3.00. The average molecular weight is 269 g/mol. The average Bonchev–Trinajstić information content (AvgIpc) is 2.90. The minimum absolute atomic E-state index is 0.0280. The molecule has 8 heteroatoms. The number of fused-ring (bicyclic) bond motifs is 1. The Bertz CT molecular complexity index is 591. The van der Waals surface area contributed by atoms with E-state index in [-0.39, 0.29) is 23.6 Å². The van der Waals surface area contributed by atoms with Gasteiger partial charge in [0.2, 0.25) is 0 Å². The number of H-pyrrole nitrogens is 1. The maximum absolute atomic E-state index is 13.1. The monoisotopic (exact) mass is 269 g/mol. The second-order valence-electron chi connectivity index (χ2n) is 4.18. The van der Waals surface area contributed by atoms with E-state index < -0.39 is 11.9 Å². The first-order chi connectivity index (χ1) is 9.05. The van der Waals surface area contributed by atoms with Crippen LogP contribution in [0.4, 0.5) is 13.2 Å². The van der Waals surface area contributed by atoms with Crippen LogP contribution >= 0.6 is 0 Å². The van der Waals surface area contributed by atoms with Crippen molar-refractivity contribution in [2.75, 3.05) is 6.54 Å². The lowest BCUT2D eigenvalue weighted by atomic mass is 10.0. The number of aromatic nitrogens is 4. The van der Waals surface area contributed by atoms with Gasteiger partial charge in [-0.1, -0.05) is 0 Å². The van der Waals surface area contributed by atoms with Crippen molar-refractivity contribution in [1.29, 1.82) is 0 Å². The highest BCUT2D eigenvalue weighted by atomic mass is 19.4. The molecule has 3 rings (SSSR count). The second kappa shape index (κ2) is 4.30. The number of rotatable bonds is 1. The van der Waals surface area contributed by atoms with E-state index in [2.05, 4.69) is 25.3 Å². The number of imidazole rings is 1. The molecule has 0 saturated carbocycles. The molecule has 0 unspecified atom stereocenters. The molecule has 0 bridgehead atoms. The quantitative estimate of drug-likeness (QED) is 0.824. The summed E-state index contributed by atoms with van der Waals surface area (Å²) in [6.45, 7) is 0.814. The van der Waals surface area contributed by atoms with Gasteiger partial charge in [-0.05, 0) is 13.0 Å². The van der Waals surface area contributed by atoms with E-state index in [1.165, 1.54) is 12.4 Å². The van der Waals surface area contributed by atoms with Crippen molar-refractivity contribution in [2.45, 2.75) is 19.1 Å². The molecule has 0 amide bonds. The maximum atomic E-state index is 13.1. The normalized spacial score (nSPS) is 15.3. The van der Waals surface area contributed by atoms with Crippen LogP contribution in [0.5, 0.6) is 0 Å². The van der Waals surface area contributed by atoms with Crippen molar-refractivity contribution in [1.82, 2.24) is 25.3 Å². The molecule has 0 aliphatic carbocycles. The first-order valence-electron chi connectivity index (χ1n) is 5.73. The fourth-order valence-corrected chi connectivity index (χ4v) is 2.09. The first kappa shape index (κ1) is 12.1. The van der Waals surface area contributed by atoms with Gasteiger partial charge in [0.25, 0.3) is 0 Å². The predicted octanol–water partition coefficient (Wildman–Crippen LogP) is 1.53. The van der Waals surface area contributed by atoms with Crippen LogP contribution in [0.2, 0.25) is 0 Å². The summed E-state index contributed by atoms with van der Waals surface area (Å²) in [7, 11) is 0. The van der Waals surface area contributed by atoms with E-state index in [9.17, 15) is 13.2 Å². The van der Waals surface area contributed by atoms with Gasteiger partial charge in [0, 0.05) is 24.5 Å². The molecule has 19 heavy (non-hydrogen) atoms. The number of alkyl halides is 3. The molecule has 2 N–H and O–H groups in total. The van der Waals surface area contributed by atoms with Gasteiger partial charge in [-0.15, -0.1) is 0 Å². The molecule has 3 heterocycles. The summed E-state index contributed by atoms with van der Waals surface area (Å²) in [5.41, 5.74) is -0.285. The third-order valence-electron chi connectivity index (χ3n) is 2.92. The standard InChI is InChI=1S/C11H10F3N5/c12-11(13,14)8-6-1-2-15-5-7(6)18-10(19-8)9-16-3-4-17-9/h3-4,15H,1-2,5H2,(H,16,17). The highest BCUT2D eigenvalue weighted by molar-refractivity contribution is 5.46. The molecule has 0 radical (unpaired) electrons. The lowest BCUT2D eigenvalue weighted by molar-refractivity contribution is -0.142. The molecular weight excluding hydrogens is 259 g/mol. The molecule has 1 aliphatic rings. The molecule has 0 fully saturated rings. The van der Waals surface area contributed by atoms with E-state index in [1.807, 2.05) is 0 Å². The Morgan fingerprint density at radius 1 is 1.21 bits per heavy atom. The molecule has 0 aromatic carbocycles. The number of hydrogen-bond donors (Lipinski definition) is 2. The predicted molar refractivity (Wildman–Crippen MR) is 60.0 cm³/mol. The molecule has 5 nitrogen and oxygen atoms in total. The fraction of sp³-hybridized carbons (Fsp3) is 0.364. The van der Waals surface area contributed by atoms with E-state index in [1.54, 1.807) is 0 Å². The summed E-state index contributed by atoms with van der Waals surface area (Å²) < 4.78 is 39.2. The van der Waals surface area contributed by atoms with Gasteiger partial charge in [-0.3, -0.25) is 0 Å². The Morgan fingerprint density at radius 2 is 2.05 bits per heavy atom. The number of nitrogens with zero attached hydrogens (tertiary/aromatic N) is 3. The highest BCUT2D eigenvalue weighted by Crippen LogP contribution is 2.33. The molecular formula is C11H10F3N5. The summed E-state index contributed by atoms with van der Waals surface area (Å²) in [4.78, 5) is 14.4. The van der Waals surface area contributed by atoms with Crippen LogP contribution in [-0.2, 0) is 19.1 Å². The molecule has 1 aliphatic heterocycles. The minimum atomic E-state index is -4.48. The smallest absolute Gasteiger partial charge is 0.342 e. The Morgan fingerprint density at radius 3 is 2.74 bits per heavy atom. The van der Waals surface area contributed by atoms with E-state index in [0.717, 1.165) is 0 Å². The number of halogens is 3. The number of aromatic amines is 1. The van der Waals surface area contributed by atoms with Crippen LogP contribution in [0.15, 0.2) is 12.4 Å². The largest absolute Gasteiger partial charge is 0.433 e. The zero-order valence-electron chi connectivity index (χ0n) is 9.75. The van der Waals surface area contributed by atoms with Gasteiger partial charge < -0.3 is 10.3 Å². The second-order valence-corrected chi connectivity index (χ2v) is 4.18. The van der Waals surface area contributed by atoms with E-state index in [4.69, 9.17) is 0 Å². The van der Waals surface area contributed by atoms with Gasteiger partial charge in [0.1, 0.15) is 0 Å². The maximum Gasteiger partial charge on any atom is 0.433 e. The van der Waals surface area contributed by atoms with Gasteiger partial charge in [-0.25, -0.2) is 15.0 Å². The summed E-state index contributed by atoms with van der Waals surface area (Å²) in [6.07, 6.45) is -1.23.